The standard InChI is InChI=1S/C30H62O4SSi/c1-5-7-9-11-13-14-15-16-17-18-20-21-23-25-27(30(32-3,33-4)29(31)34-36)28(35)26-24-22-19-12-10-8-6-2/h27-28,35H,5-26H2,1-4,36H3. The summed E-state index contributed by atoms with van der Waals surface area (Å²) in [5.74, 6) is -1.84. The highest BCUT2D eigenvalue weighted by molar-refractivity contribution is 7.81. The summed E-state index contributed by atoms with van der Waals surface area (Å²) in [5.41, 5.74) is 0. The quantitative estimate of drug-likeness (QED) is 0.0487. The lowest BCUT2D eigenvalue weighted by atomic mass is 9.86. The second kappa shape index (κ2) is 25.2. The van der Waals surface area contributed by atoms with Crippen LogP contribution in [0.3, 0.4) is 0 Å². The molecule has 0 spiro atoms. The van der Waals surface area contributed by atoms with Gasteiger partial charge in [0.05, 0.1) is 0 Å². The van der Waals surface area contributed by atoms with E-state index in [1.54, 1.807) is 14.2 Å². The number of hydrogen-bond acceptors (Lipinski definition) is 5. The van der Waals surface area contributed by atoms with Gasteiger partial charge < -0.3 is 13.9 Å². The fourth-order valence-electron chi connectivity index (χ4n) is 5.38. The molecule has 0 radical (unpaired) electrons. The smallest absolute Gasteiger partial charge is 0.353 e. The van der Waals surface area contributed by atoms with Gasteiger partial charge in [0.1, 0.15) is 0 Å². The zero-order valence-electron chi connectivity index (χ0n) is 24.8. The van der Waals surface area contributed by atoms with E-state index >= 15 is 0 Å². The monoisotopic (exact) mass is 546 g/mol. The van der Waals surface area contributed by atoms with Crippen LogP contribution in [0.25, 0.3) is 0 Å². The number of thiol groups is 1. The third-order valence-corrected chi connectivity index (χ3v) is 8.74. The number of rotatable bonds is 27. The van der Waals surface area contributed by atoms with Crippen LogP contribution in [-0.2, 0) is 18.7 Å². The van der Waals surface area contributed by atoms with Crippen molar-refractivity contribution in [1.29, 1.82) is 0 Å². The second-order valence-electron chi connectivity index (χ2n) is 10.7. The molecule has 0 aromatic heterocycles. The molecule has 0 aromatic rings. The minimum absolute atomic E-state index is 0.0543. The summed E-state index contributed by atoms with van der Waals surface area (Å²) in [6.45, 7) is 4.53. The number of unbranched alkanes of at least 4 members (excludes halogenated alkanes) is 18. The van der Waals surface area contributed by atoms with E-state index in [2.05, 4.69) is 13.8 Å². The molecule has 0 heterocycles. The third kappa shape index (κ3) is 16.0. The first-order valence-electron chi connectivity index (χ1n) is 15.4. The van der Waals surface area contributed by atoms with Gasteiger partial charge in [-0.2, -0.15) is 12.6 Å². The first kappa shape index (κ1) is 36.0. The van der Waals surface area contributed by atoms with E-state index < -0.39 is 11.8 Å². The number of ether oxygens (including phenoxy) is 2. The zero-order valence-corrected chi connectivity index (χ0v) is 27.7. The van der Waals surface area contributed by atoms with Gasteiger partial charge in [0.15, 0.2) is 0 Å². The van der Waals surface area contributed by atoms with Crippen LogP contribution in [0.2, 0.25) is 0 Å². The fourth-order valence-corrected chi connectivity index (χ4v) is 6.19. The van der Waals surface area contributed by atoms with Crippen LogP contribution in [0.1, 0.15) is 155 Å². The molecule has 0 saturated heterocycles. The van der Waals surface area contributed by atoms with Crippen LogP contribution in [0, 0.1) is 5.92 Å². The van der Waals surface area contributed by atoms with Crippen molar-refractivity contribution in [2.24, 2.45) is 5.92 Å². The number of hydrogen-bond donors (Lipinski definition) is 1. The molecule has 0 rings (SSSR count). The van der Waals surface area contributed by atoms with Crippen LogP contribution in [0.5, 0.6) is 0 Å². The van der Waals surface area contributed by atoms with Gasteiger partial charge >= 0.3 is 5.97 Å². The van der Waals surface area contributed by atoms with E-state index in [0.717, 1.165) is 25.7 Å². The highest BCUT2D eigenvalue weighted by atomic mass is 32.1. The largest absolute Gasteiger partial charge is 0.525 e. The predicted octanol–water partition coefficient (Wildman–Crippen LogP) is 8.34. The molecule has 4 nitrogen and oxygen atoms in total. The Bertz CT molecular complexity index is 488. The minimum atomic E-state index is -1.34. The molecule has 216 valence electrons. The predicted molar refractivity (Wildman–Crippen MR) is 162 cm³/mol. The van der Waals surface area contributed by atoms with E-state index in [1.807, 2.05) is 0 Å². The van der Waals surface area contributed by atoms with E-state index in [9.17, 15) is 4.79 Å². The molecule has 0 N–H and O–H groups in total. The lowest BCUT2D eigenvalue weighted by molar-refractivity contribution is -0.245. The molecule has 0 saturated carbocycles. The van der Waals surface area contributed by atoms with Crippen molar-refractivity contribution < 1.29 is 18.7 Å². The summed E-state index contributed by atoms with van der Waals surface area (Å²) >= 11 is 4.98. The Hall–Kier alpha value is -0.0431. The molecule has 6 heteroatoms. The maximum atomic E-state index is 12.8. The summed E-state index contributed by atoms with van der Waals surface area (Å²) in [4.78, 5) is 12.8. The normalized spacial score (nSPS) is 13.7. The molecule has 0 fully saturated rings. The lowest BCUT2D eigenvalue weighted by Crippen LogP contribution is -2.53. The number of methoxy groups -OCH3 is 2. The van der Waals surface area contributed by atoms with Gasteiger partial charge in [-0.25, -0.2) is 4.79 Å². The molecule has 0 aliphatic heterocycles. The van der Waals surface area contributed by atoms with Crippen molar-refractivity contribution in [1.82, 2.24) is 0 Å². The van der Waals surface area contributed by atoms with E-state index in [0.29, 0.717) is 10.5 Å². The first-order valence-corrected chi connectivity index (χ1v) is 16.7. The van der Waals surface area contributed by atoms with Crippen molar-refractivity contribution in [3.63, 3.8) is 0 Å². The van der Waals surface area contributed by atoms with Crippen LogP contribution in [-0.4, -0.2) is 41.7 Å². The van der Waals surface area contributed by atoms with Crippen molar-refractivity contribution in [2.75, 3.05) is 14.2 Å². The van der Waals surface area contributed by atoms with E-state index in [-0.39, 0.29) is 11.2 Å². The SMILES string of the molecule is CCCCCCCCCCCCCCCC(C(S)CCCCCCCCC)C(OC)(OC)C(=O)O[SiH3]. The Morgan fingerprint density at radius 1 is 0.639 bits per heavy atom. The van der Waals surface area contributed by atoms with Gasteiger partial charge in [0, 0.05) is 25.4 Å². The van der Waals surface area contributed by atoms with E-state index in [1.165, 1.54) is 116 Å². The molecule has 0 aliphatic rings. The lowest BCUT2D eigenvalue weighted by Gasteiger charge is -2.38. The second-order valence-corrected chi connectivity index (χ2v) is 11.8. The Morgan fingerprint density at radius 2 is 0.972 bits per heavy atom. The van der Waals surface area contributed by atoms with Crippen molar-refractivity contribution in [2.45, 2.75) is 166 Å². The number of carbonyl (C=O) groups excluding carboxylic acids is 1. The van der Waals surface area contributed by atoms with Crippen molar-refractivity contribution in [3.8, 4) is 0 Å². The van der Waals surface area contributed by atoms with Crippen molar-refractivity contribution in [3.05, 3.63) is 0 Å². The molecule has 0 bridgehead atoms. The molecule has 2 atom stereocenters. The Kier molecular flexibility index (Phi) is 25.2. The summed E-state index contributed by atoms with van der Waals surface area (Å²) < 4.78 is 16.7. The van der Waals surface area contributed by atoms with Gasteiger partial charge in [-0.3, -0.25) is 0 Å². The first-order chi connectivity index (χ1) is 17.5. The van der Waals surface area contributed by atoms with Crippen LogP contribution >= 0.6 is 12.6 Å². The molecule has 0 amide bonds. The van der Waals surface area contributed by atoms with Gasteiger partial charge in [0.2, 0.25) is 10.5 Å². The molecule has 36 heavy (non-hydrogen) atoms. The van der Waals surface area contributed by atoms with Crippen LogP contribution < -0.4 is 0 Å². The molecule has 2 unspecified atom stereocenters. The van der Waals surface area contributed by atoms with E-state index in [4.69, 9.17) is 26.5 Å². The van der Waals surface area contributed by atoms with Crippen LogP contribution in [0.4, 0.5) is 0 Å². The third-order valence-electron chi connectivity index (χ3n) is 7.75. The minimum Gasteiger partial charge on any atom is -0.525 e. The molecular formula is C30H62O4SSi. The van der Waals surface area contributed by atoms with Gasteiger partial charge in [-0.15, -0.1) is 0 Å². The van der Waals surface area contributed by atoms with Crippen molar-refractivity contribution >= 4 is 29.1 Å². The molecule has 0 aliphatic carbocycles. The van der Waals surface area contributed by atoms with Crippen LogP contribution in [0.15, 0.2) is 0 Å². The van der Waals surface area contributed by atoms with Gasteiger partial charge in [-0.1, -0.05) is 142 Å². The average Bonchev–Trinajstić information content (AvgIpc) is 2.90. The molecule has 0 aromatic carbocycles. The Balaban J connectivity index is 4.45. The Labute approximate surface area is 233 Å². The maximum Gasteiger partial charge on any atom is 0.353 e. The average molecular weight is 547 g/mol. The summed E-state index contributed by atoms with van der Waals surface area (Å²) in [5, 5.41) is 0.0543. The summed E-state index contributed by atoms with van der Waals surface area (Å²) in [6, 6.07) is 0. The maximum absolute atomic E-state index is 12.8. The topological polar surface area (TPSA) is 44.8 Å². The highest BCUT2D eigenvalue weighted by Gasteiger charge is 2.49. The summed E-state index contributed by atoms with van der Waals surface area (Å²) in [6.07, 6.45) is 28.1. The van der Waals surface area contributed by atoms with Gasteiger partial charge in [-0.05, 0) is 12.8 Å². The zero-order chi connectivity index (χ0) is 26.9. The highest BCUT2D eigenvalue weighted by Crippen LogP contribution is 2.36. The fraction of sp³-hybridized carbons (Fsp3) is 0.967. The number of carbonyl (C=O) groups is 1. The molecular weight excluding hydrogens is 484 g/mol. The summed E-state index contributed by atoms with van der Waals surface area (Å²) in [7, 11) is 3.46. The van der Waals surface area contributed by atoms with Gasteiger partial charge in [0.25, 0.3) is 5.79 Å². The Morgan fingerprint density at radius 3 is 1.31 bits per heavy atom.